The van der Waals surface area contributed by atoms with Crippen molar-refractivity contribution in [1.82, 2.24) is 4.72 Å². The fraction of sp³-hybridized carbons (Fsp3) is 0.575. The van der Waals surface area contributed by atoms with Gasteiger partial charge in [0.25, 0.3) is 5.91 Å². The number of halogens is 1. The Bertz CT molecular complexity index is 1680. The molecule has 10 heteroatoms. The number of aryl methyl sites for hydroxylation is 1. The predicted molar refractivity (Wildman–Crippen MR) is 200 cm³/mol. The van der Waals surface area contributed by atoms with Crippen molar-refractivity contribution in [3.05, 3.63) is 82.9 Å². The van der Waals surface area contributed by atoms with Gasteiger partial charge in [-0.2, -0.15) is 0 Å². The number of ether oxygens (including phenoxy) is 2. The summed E-state index contributed by atoms with van der Waals surface area (Å²) in [5.41, 5.74) is 3.23. The molecule has 0 unspecified atom stereocenters. The highest BCUT2D eigenvalue weighted by atomic mass is 35.5. The summed E-state index contributed by atoms with van der Waals surface area (Å²) >= 11 is 6.44. The lowest BCUT2D eigenvalue weighted by atomic mass is 9.68. The fourth-order valence-electron chi connectivity index (χ4n) is 8.43. The number of unbranched alkanes of at least 4 members (excludes halogenated alkanes) is 1. The third-order valence-corrected chi connectivity index (χ3v) is 13.7. The number of rotatable bonds is 14. The standard InChI is InChI=1S/C40H53ClN2O6S/c1-4-6-7-11-36(44)33-15-12-30(33)24-43-25-40(19-8-10-28-21-31(41)14-16-34(28)40)26-49-37-17-13-29(22-35(37)43)39(45)42-50(46,47)38(27(3)9-5-2)23-32-18-20-48-32/h5,7,11,13-14,16-17,21-22,27,30,32-33,36,38,44H,2,4,6,8-10,12,15,18-20,23-26H2,1,3H3,(H,42,45)/b11-7+/t27-,30-,32-,33+,36-,38-,40-/m0/s1. The molecule has 2 aromatic carbocycles. The van der Waals surface area contributed by atoms with Crippen molar-refractivity contribution < 1.29 is 27.8 Å². The smallest absolute Gasteiger partial charge is 0.264 e. The van der Waals surface area contributed by atoms with Crippen LogP contribution >= 0.6 is 11.6 Å². The number of carbonyl (C=O) groups excluding carboxylic acids is 1. The molecule has 2 N–H and O–H groups in total. The van der Waals surface area contributed by atoms with Gasteiger partial charge in [-0.1, -0.05) is 56.2 Å². The maximum atomic E-state index is 13.8. The highest BCUT2D eigenvalue weighted by Gasteiger charge is 2.44. The van der Waals surface area contributed by atoms with E-state index in [0.29, 0.717) is 44.9 Å². The molecule has 7 atom stereocenters. The van der Waals surface area contributed by atoms with Crippen molar-refractivity contribution in [3.63, 3.8) is 0 Å². The number of allylic oxidation sites excluding steroid dienone is 2. The van der Waals surface area contributed by atoms with Crippen LogP contribution in [0.5, 0.6) is 5.75 Å². The fourth-order valence-corrected chi connectivity index (χ4v) is 10.3. The van der Waals surface area contributed by atoms with Gasteiger partial charge in [-0.15, -0.1) is 6.58 Å². The molecule has 1 saturated carbocycles. The SMILES string of the molecule is C=CC[C@H](C)[C@H](C[C@@H]1CCO1)S(=O)(=O)NC(=O)c1ccc2c(c1)N(C[C@@H]1CC[C@H]1[C@@H](O)/C=C/CCC)C[C@@]1(CCCc3cc(Cl)ccc31)CO2. The molecule has 8 nitrogen and oxygen atoms in total. The van der Waals surface area contributed by atoms with Crippen molar-refractivity contribution >= 4 is 33.2 Å². The van der Waals surface area contributed by atoms with Gasteiger partial charge in [-0.25, -0.2) is 13.1 Å². The van der Waals surface area contributed by atoms with Gasteiger partial charge in [0.15, 0.2) is 0 Å². The summed E-state index contributed by atoms with van der Waals surface area (Å²) in [6.07, 6.45) is 13.7. The van der Waals surface area contributed by atoms with E-state index in [1.165, 1.54) is 11.1 Å². The van der Waals surface area contributed by atoms with E-state index in [9.17, 15) is 18.3 Å². The number of anilines is 1. The number of aliphatic hydroxyl groups is 1. The second-order valence-corrected chi connectivity index (χ2v) is 17.4. The Morgan fingerprint density at radius 3 is 2.74 bits per heavy atom. The molecular formula is C40H53ClN2O6S. The first-order chi connectivity index (χ1) is 24.0. The zero-order chi connectivity index (χ0) is 35.5. The van der Waals surface area contributed by atoms with E-state index in [2.05, 4.69) is 41.3 Å². The molecule has 2 fully saturated rings. The lowest BCUT2D eigenvalue weighted by Gasteiger charge is -2.45. The topological polar surface area (TPSA) is 105 Å². The number of sulfonamides is 1. The molecule has 0 radical (unpaired) electrons. The molecule has 2 heterocycles. The van der Waals surface area contributed by atoms with Gasteiger partial charge in [0.05, 0.1) is 29.8 Å². The molecule has 1 saturated heterocycles. The van der Waals surface area contributed by atoms with Crippen LogP contribution in [0.25, 0.3) is 0 Å². The predicted octanol–water partition coefficient (Wildman–Crippen LogP) is 7.38. The summed E-state index contributed by atoms with van der Waals surface area (Å²) in [6, 6.07) is 11.4. The number of fused-ring (bicyclic) bond motifs is 3. The first-order valence-electron chi connectivity index (χ1n) is 18.5. The number of aliphatic hydroxyl groups excluding tert-OH is 1. The maximum Gasteiger partial charge on any atom is 0.264 e. The summed E-state index contributed by atoms with van der Waals surface area (Å²) in [5.74, 6) is 0.181. The van der Waals surface area contributed by atoms with Crippen LogP contribution in [0.3, 0.4) is 0 Å². The molecule has 0 bridgehead atoms. The lowest BCUT2D eigenvalue weighted by Crippen LogP contribution is -2.49. The van der Waals surface area contributed by atoms with Crippen LogP contribution in [0.15, 0.2) is 61.2 Å². The molecule has 50 heavy (non-hydrogen) atoms. The normalized spacial score (nSPS) is 26.4. The second-order valence-electron chi connectivity index (χ2n) is 15.0. The van der Waals surface area contributed by atoms with Gasteiger partial charge in [0.2, 0.25) is 10.0 Å². The van der Waals surface area contributed by atoms with Gasteiger partial charge in [0, 0.05) is 35.7 Å². The van der Waals surface area contributed by atoms with E-state index < -0.39 is 27.3 Å². The molecule has 1 amide bonds. The van der Waals surface area contributed by atoms with Gasteiger partial charge in [-0.05, 0) is 117 Å². The Balaban J connectivity index is 1.30. The molecule has 2 aliphatic heterocycles. The van der Waals surface area contributed by atoms with Gasteiger partial charge >= 0.3 is 0 Å². The Labute approximate surface area is 303 Å². The monoisotopic (exact) mass is 724 g/mol. The summed E-state index contributed by atoms with van der Waals surface area (Å²) < 4.78 is 42.1. The second kappa shape index (κ2) is 15.8. The average molecular weight is 725 g/mol. The minimum absolute atomic E-state index is 0.124. The van der Waals surface area contributed by atoms with E-state index in [0.717, 1.165) is 62.1 Å². The van der Waals surface area contributed by atoms with E-state index in [1.807, 2.05) is 19.1 Å². The van der Waals surface area contributed by atoms with Crippen molar-refractivity contribution in [3.8, 4) is 5.75 Å². The van der Waals surface area contributed by atoms with Crippen molar-refractivity contribution in [2.45, 2.75) is 101 Å². The summed E-state index contributed by atoms with van der Waals surface area (Å²) in [4.78, 5) is 16.1. The van der Waals surface area contributed by atoms with Crippen molar-refractivity contribution in [2.75, 3.05) is 31.2 Å². The van der Waals surface area contributed by atoms with Crippen LogP contribution in [-0.2, 0) is 26.6 Å². The van der Waals surface area contributed by atoms with Gasteiger partial charge < -0.3 is 19.5 Å². The summed E-state index contributed by atoms with van der Waals surface area (Å²) in [6.45, 7) is 10.3. The Morgan fingerprint density at radius 2 is 2.04 bits per heavy atom. The molecular weight excluding hydrogens is 672 g/mol. The third kappa shape index (κ3) is 7.96. The van der Waals surface area contributed by atoms with Crippen LogP contribution in [-0.4, -0.2) is 63.2 Å². The van der Waals surface area contributed by atoms with Crippen molar-refractivity contribution in [1.29, 1.82) is 0 Å². The van der Waals surface area contributed by atoms with E-state index in [-0.39, 0.29) is 34.8 Å². The number of nitrogens with zero attached hydrogens (tertiary/aromatic N) is 1. The minimum Gasteiger partial charge on any atom is -0.490 e. The quantitative estimate of drug-likeness (QED) is 0.196. The molecule has 2 aliphatic carbocycles. The first-order valence-corrected chi connectivity index (χ1v) is 20.4. The highest BCUT2D eigenvalue weighted by Crippen LogP contribution is 2.46. The van der Waals surface area contributed by atoms with Crippen molar-refractivity contribution in [2.24, 2.45) is 17.8 Å². The number of nitrogens with one attached hydrogen (secondary N) is 1. The summed E-state index contributed by atoms with van der Waals surface area (Å²) in [7, 11) is -4.02. The number of amides is 1. The molecule has 6 rings (SSSR count). The third-order valence-electron chi connectivity index (χ3n) is 11.6. The molecule has 4 aliphatic rings. The van der Waals surface area contributed by atoms with E-state index in [1.54, 1.807) is 24.3 Å². The number of carbonyl (C=O) groups is 1. The number of hydrogen-bond acceptors (Lipinski definition) is 7. The first kappa shape index (κ1) is 36.9. The Morgan fingerprint density at radius 1 is 1.22 bits per heavy atom. The van der Waals surface area contributed by atoms with Crippen LogP contribution in [0.2, 0.25) is 5.02 Å². The van der Waals surface area contributed by atoms with Crippen LogP contribution in [0.4, 0.5) is 5.69 Å². The van der Waals surface area contributed by atoms with Crippen LogP contribution < -0.4 is 14.4 Å². The molecule has 2 aromatic rings. The minimum atomic E-state index is -4.02. The highest BCUT2D eigenvalue weighted by molar-refractivity contribution is 7.90. The largest absolute Gasteiger partial charge is 0.490 e. The lowest BCUT2D eigenvalue weighted by molar-refractivity contribution is -0.0563. The van der Waals surface area contributed by atoms with Gasteiger partial charge in [-0.3, -0.25) is 4.79 Å². The van der Waals surface area contributed by atoms with Gasteiger partial charge in [0.1, 0.15) is 5.75 Å². The number of benzene rings is 2. The maximum absolute atomic E-state index is 13.8. The molecule has 0 aromatic heterocycles. The Hall–Kier alpha value is -2.85. The van der Waals surface area contributed by atoms with E-state index in [4.69, 9.17) is 21.1 Å². The zero-order valence-electron chi connectivity index (χ0n) is 29.5. The molecule has 1 spiro atoms. The average Bonchev–Trinajstić information content (AvgIpc) is 3.19. The Kier molecular flexibility index (Phi) is 11.7. The molecule has 272 valence electrons. The number of hydrogen-bond donors (Lipinski definition) is 2. The van der Waals surface area contributed by atoms with Crippen LogP contribution in [0, 0.1) is 17.8 Å². The van der Waals surface area contributed by atoms with E-state index >= 15 is 0 Å². The summed E-state index contributed by atoms with van der Waals surface area (Å²) in [5, 5.41) is 11.0. The van der Waals surface area contributed by atoms with Crippen LogP contribution in [0.1, 0.15) is 93.1 Å². The zero-order valence-corrected chi connectivity index (χ0v) is 31.1.